The average molecular weight is 827 g/mol. The molecular weight excluding hydrogens is 806 g/mol. The molecule has 0 radical (unpaired) electrons. The van der Waals surface area contributed by atoms with Crippen LogP contribution in [0.3, 0.4) is 0 Å². The van der Waals surface area contributed by atoms with Crippen LogP contribution in [0.15, 0.2) is 73.1 Å². The summed E-state index contributed by atoms with van der Waals surface area (Å²) in [6.07, 6.45) is 2.58. The van der Waals surface area contributed by atoms with E-state index in [0.29, 0.717) is 0 Å². The molecule has 0 bridgehead atoms. The molecule has 39 heavy (non-hydrogen) atoms. The molecule has 17 heteroatoms. The van der Waals surface area contributed by atoms with Crippen molar-refractivity contribution in [3.8, 4) is 0 Å². The standard InChI is InChI=1S/C22H21F6I2NO6S2/c1-20(2,3)31-14-18(29(16-10-6-4-7-11-16)36-38(32,33)21(23,24)25)19(15-31)30(17-12-8-5-9-13-17)37-39(34,35)22(26,27)28/h4-15H,1-3H3. The molecule has 0 saturated heterocycles. The zero-order valence-corrected chi connectivity index (χ0v) is 26.1. The Morgan fingerprint density at radius 3 is 1.18 bits per heavy atom. The Labute approximate surface area is 236 Å². The second kappa shape index (κ2) is 11.5. The maximum absolute atomic E-state index is 13.4. The second-order valence-electron chi connectivity index (χ2n) is 8.55. The van der Waals surface area contributed by atoms with E-state index in [1.165, 1.54) is 77.6 Å². The zero-order valence-electron chi connectivity index (χ0n) is 20.2. The molecule has 0 saturated carbocycles. The number of hydrogen-bond donors (Lipinski definition) is 0. The summed E-state index contributed by atoms with van der Waals surface area (Å²) in [5, 5.41) is 0. The first-order chi connectivity index (χ1) is 17.7. The van der Waals surface area contributed by atoms with Gasteiger partial charge >= 0.3 is 238 Å². The molecule has 218 valence electrons. The van der Waals surface area contributed by atoms with Gasteiger partial charge in [-0.15, -0.1) is 0 Å². The fraction of sp³-hybridized carbons (Fsp3) is 0.273. The van der Waals surface area contributed by atoms with Crippen LogP contribution in [0, 0.1) is 14.3 Å². The van der Waals surface area contributed by atoms with E-state index in [1.807, 2.05) is 0 Å². The Morgan fingerprint density at radius 2 is 0.923 bits per heavy atom. The molecule has 0 aliphatic rings. The van der Waals surface area contributed by atoms with Crippen molar-refractivity contribution in [1.82, 2.24) is 4.57 Å². The third-order valence-corrected chi connectivity index (χ3v) is 19.9. The van der Waals surface area contributed by atoms with Gasteiger partial charge in [0.2, 0.25) is 0 Å². The van der Waals surface area contributed by atoms with Gasteiger partial charge in [0.1, 0.15) is 0 Å². The molecule has 3 rings (SSSR count). The van der Waals surface area contributed by atoms with Crippen LogP contribution in [0.1, 0.15) is 20.8 Å². The number of halogens is 8. The van der Waals surface area contributed by atoms with Gasteiger partial charge in [-0.3, -0.25) is 0 Å². The summed E-state index contributed by atoms with van der Waals surface area (Å²) in [4.78, 5) is 0. The number of alkyl halides is 6. The first-order valence-electron chi connectivity index (χ1n) is 10.5. The van der Waals surface area contributed by atoms with Crippen molar-refractivity contribution in [2.24, 2.45) is 0 Å². The Hall–Kier alpha value is -1.42. The average Bonchev–Trinajstić information content (AvgIpc) is 3.26. The molecule has 0 amide bonds. The Bertz CT molecular complexity index is 1400. The molecule has 0 spiro atoms. The topological polar surface area (TPSA) is 91.7 Å². The van der Waals surface area contributed by atoms with Gasteiger partial charge in [0.25, 0.3) is 0 Å². The predicted molar refractivity (Wildman–Crippen MR) is 147 cm³/mol. The number of hydrogen-bond acceptors (Lipinski definition) is 6. The predicted octanol–water partition coefficient (Wildman–Crippen LogP) is 6.90. The van der Waals surface area contributed by atoms with Crippen LogP contribution in [0.25, 0.3) is 0 Å². The molecule has 7 nitrogen and oxygen atoms in total. The summed E-state index contributed by atoms with van der Waals surface area (Å²) < 4.78 is 140. The van der Waals surface area contributed by atoms with E-state index in [9.17, 15) is 43.2 Å². The summed E-state index contributed by atoms with van der Waals surface area (Å²) in [5.74, 6) is 0. The van der Waals surface area contributed by atoms with E-state index in [1.54, 1.807) is 20.8 Å². The molecule has 0 aliphatic heterocycles. The second-order valence-corrected chi connectivity index (χ2v) is 21.4. The van der Waals surface area contributed by atoms with E-state index in [-0.39, 0.29) is 14.3 Å². The third kappa shape index (κ3) is 7.46. The van der Waals surface area contributed by atoms with Crippen LogP contribution in [-0.4, -0.2) is 32.4 Å². The first-order valence-corrected chi connectivity index (χ1v) is 19.4. The van der Waals surface area contributed by atoms with Crippen LogP contribution in [0.2, 0.25) is 0 Å². The van der Waals surface area contributed by atoms with Crippen molar-refractivity contribution in [2.45, 2.75) is 37.3 Å². The number of nitrogens with zero attached hydrogens (tertiary/aromatic N) is 1. The summed E-state index contributed by atoms with van der Waals surface area (Å²) in [6.45, 7) is 5.05. The zero-order chi connectivity index (χ0) is 29.4. The molecule has 1 aromatic heterocycles. The fourth-order valence-electron chi connectivity index (χ4n) is 2.72. The summed E-state index contributed by atoms with van der Waals surface area (Å²) >= 11 is -8.29. The summed E-state index contributed by atoms with van der Waals surface area (Å²) in [7, 11) is -12.3. The van der Waals surface area contributed by atoms with Gasteiger partial charge in [-0.2, -0.15) is 0 Å². The fourth-order valence-corrected chi connectivity index (χ4v) is 18.2. The van der Waals surface area contributed by atoms with Gasteiger partial charge in [0.05, 0.1) is 0 Å². The molecule has 0 atom stereocenters. The van der Waals surface area contributed by atoms with Crippen molar-refractivity contribution in [3.63, 3.8) is 0 Å². The third-order valence-electron chi connectivity index (χ3n) is 4.60. The van der Waals surface area contributed by atoms with Crippen molar-refractivity contribution >= 4 is 60.7 Å². The molecule has 0 aliphatic carbocycles. The normalized spacial score (nSPS) is 14.3. The molecule has 2 aromatic carbocycles. The van der Waals surface area contributed by atoms with Gasteiger partial charge in [0.15, 0.2) is 0 Å². The van der Waals surface area contributed by atoms with E-state index < -0.39 is 77.3 Å². The van der Waals surface area contributed by atoms with Crippen LogP contribution in [-0.2, 0) is 30.8 Å². The van der Waals surface area contributed by atoms with E-state index in [0.717, 1.165) is 0 Å². The molecular formula is C22H21F6I2NO6S2. The van der Waals surface area contributed by atoms with Crippen molar-refractivity contribution < 1.29 is 48.2 Å². The molecule has 0 N–H and O–H groups in total. The molecule has 3 aromatic rings. The number of rotatable bonds is 8. The van der Waals surface area contributed by atoms with Gasteiger partial charge in [-0.25, -0.2) is 0 Å². The van der Waals surface area contributed by atoms with E-state index in [2.05, 4.69) is 0 Å². The summed E-state index contributed by atoms with van der Waals surface area (Å²) in [6, 6.07) is 14.1. The first kappa shape index (κ1) is 32.1. The van der Waals surface area contributed by atoms with E-state index >= 15 is 0 Å². The number of benzene rings is 2. The van der Waals surface area contributed by atoms with Crippen molar-refractivity contribution in [3.05, 3.63) is 87.3 Å². The van der Waals surface area contributed by atoms with E-state index in [4.69, 9.17) is 5.03 Å². The molecule has 0 fully saturated rings. The van der Waals surface area contributed by atoms with Gasteiger partial charge in [-0.05, 0) is 0 Å². The Kier molecular flexibility index (Phi) is 9.43. The van der Waals surface area contributed by atoms with Crippen molar-refractivity contribution in [2.75, 3.05) is 0 Å². The maximum atomic E-state index is 13.4. The SMILES string of the molecule is CC(C)(C)n1cc(I(OS(=O)(=O)C(F)(F)F)c2ccccc2)c(I(OS(=O)(=O)C(F)(F)F)c2ccccc2)c1. The van der Waals surface area contributed by atoms with Gasteiger partial charge in [-0.1, -0.05) is 0 Å². The summed E-state index contributed by atoms with van der Waals surface area (Å²) in [5.41, 5.74) is -12.4. The van der Waals surface area contributed by atoms with Crippen LogP contribution >= 0.6 is 40.5 Å². The minimum absolute atomic E-state index is 0.0741. The monoisotopic (exact) mass is 827 g/mol. The van der Waals surface area contributed by atoms with Gasteiger partial charge in [0, 0.05) is 0 Å². The quantitative estimate of drug-likeness (QED) is 0.140. The van der Waals surface area contributed by atoms with Crippen LogP contribution in [0.5, 0.6) is 0 Å². The van der Waals surface area contributed by atoms with Crippen molar-refractivity contribution in [1.29, 1.82) is 0 Å². The van der Waals surface area contributed by atoms with Crippen LogP contribution < -0.4 is 0 Å². The van der Waals surface area contributed by atoms with Crippen LogP contribution in [0.4, 0.5) is 26.3 Å². The Morgan fingerprint density at radius 1 is 0.615 bits per heavy atom. The molecule has 0 unspecified atom stereocenters. The molecule has 1 heterocycles. The minimum atomic E-state index is -6.15. The van der Waals surface area contributed by atoms with Gasteiger partial charge < -0.3 is 0 Å². The Balaban J connectivity index is 2.36. The number of aromatic nitrogens is 1.